The zero-order valence-electron chi connectivity index (χ0n) is 19.5. The number of fused-ring (bicyclic) bond motifs is 1. The fourth-order valence-corrected chi connectivity index (χ4v) is 5.41. The first-order valence-electron chi connectivity index (χ1n) is 11.6. The van der Waals surface area contributed by atoms with Gasteiger partial charge in [-0.05, 0) is 79.7 Å². The first kappa shape index (κ1) is 21.6. The van der Waals surface area contributed by atoms with Gasteiger partial charge in [0.15, 0.2) is 16.6 Å². The average molecular weight is 484 g/mol. The summed E-state index contributed by atoms with van der Waals surface area (Å²) < 4.78 is 13.4. The summed E-state index contributed by atoms with van der Waals surface area (Å²) in [5, 5.41) is 4.27. The maximum atomic E-state index is 5.86. The molecule has 1 aromatic carbocycles. The van der Waals surface area contributed by atoms with Gasteiger partial charge in [-0.1, -0.05) is 6.07 Å². The lowest BCUT2D eigenvalue weighted by Crippen LogP contribution is -2.29. The van der Waals surface area contributed by atoms with Crippen molar-refractivity contribution in [3.05, 3.63) is 101 Å². The number of benzene rings is 1. The van der Waals surface area contributed by atoms with Crippen LogP contribution in [0.2, 0.25) is 0 Å². The van der Waals surface area contributed by atoms with E-state index in [1.165, 1.54) is 5.56 Å². The quantitative estimate of drug-likeness (QED) is 0.410. The Morgan fingerprint density at radius 3 is 2.63 bits per heavy atom. The minimum atomic E-state index is -0.0729. The molecule has 4 aromatic rings. The van der Waals surface area contributed by atoms with E-state index in [1.807, 2.05) is 55.0 Å². The van der Waals surface area contributed by atoms with Gasteiger partial charge in [0, 0.05) is 48.3 Å². The molecule has 35 heavy (non-hydrogen) atoms. The van der Waals surface area contributed by atoms with E-state index in [0.717, 1.165) is 44.9 Å². The van der Waals surface area contributed by atoms with Crippen molar-refractivity contribution >= 4 is 17.3 Å². The van der Waals surface area contributed by atoms with Gasteiger partial charge in [-0.3, -0.25) is 9.97 Å². The Kier molecular flexibility index (Phi) is 5.37. The monoisotopic (exact) mass is 483 g/mol. The van der Waals surface area contributed by atoms with Crippen LogP contribution in [0.15, 0.2) is 73.2 Å². The Balaban J connectivity index is 1.45. The van der Waals surface area contributed by atoms with E-state index < -0.39 is 0 Å². The van der Waals surface area contributed by atoms with Crippen molar-refractivity contribution in [2.75, 3.05) is 6.79 Å². The fourth-order valence-electron chi connectivity index (χ4n) is 5.11. The molecule has 3 aromatic heterocycles. The van der Waals surface area contributed by atoms with Gasteiger partial charge in [-0.2, -0.15) is 0 Å². The number of aromatic nitrogens is 3. The standard InChI is InChI=1S/C27H25N5O2S/c1-17-13-21(18(2)32(17)20-6-7-23-24(14-20)34-16-33-23)26-25(22-5-3-4-10-29-22)30-27(35)31(26)15-19-8-11-28-12-9-19/h3-14,25-26H,15-16H2,1-2H3,(H,30,35)/t25-,26-/m1/s1. The van der Waals surface area contributed by atoms with Gasteiger partial charge < -0.3 is 24.3 Å². The highest BCUT2D eigenvalue weighted by molar-refractivity contribution is 7.80. The zero-order valence-corrected chi connectivity index (χ0v) is 20.3. The second kappa shape index (κ2) is 8.70. The van der Waals surface area contributed by atoms with E-state index in [9.17, 15) is 0 Å². The Morgan fingerprint density at radius 2 is 1.83 bits per heavy atom. The Labute approximate surface area is 209 Å². The highest BCUT2D eigenvalue weighted by Crippen LogP contribution is 2.43. The molecule has 0 spiro atoms. The molecule has 0 amide bonds. The highest BCUT2D eigenvalue weighted by Gasteiger charge is 2.41. The number of pyridine rings is 2. The summed E-state index contributed by atoms with van der Waals surface area (Å²) in [4.78, 5) is 11.1. The van der Waals surface area contributed by atoms with Gasteiger partial charge in [0.1, 0.15) is 0 Å². The minimum absolute atomic E-state index is 0.0282. The van der Waals surface area contributed by atoms with Crippen molar-refractivity contribution in [2.24, 2.45) is 0 Å². The second-order valence-corrected chi connectivity index (χ2v) is 9.20. The van der Waals surface area contributed by atoms with Crippen LogP contribution in [0.3, 0.4) is 0 Å². The summed E-state index contributed by atoms with van der Waals surface area (Å²) in [5.41, 5.74) is 6.65. The normalized spacial score (nSPS) is 18.7. The Bertz CT molecular complexity index is 1390. The minimum Gasteiger partial charge on any atom is -0.454 e. The molecule has 7 nitrogen and oxygen atoms in total. The van der Waals surface area contributed by atoms with Crippen molar-refractivity contribution in [3.8, 4) is 17.2 Å². The zero-order chi connectivity index (χ0) is 23.9. The third kappa shape index (κ3) is 3.80. The van der Waals surface area contributed by atoms with Crippen LogP contribution in [-0.2, 0) is 6.54 Å². The SMILES string of the molecule is Cc1cc([C@@H]2[C@@H](c3ccccn3)NC(=S)N2Cc2ccncc2)c(C)n1-c1ccc2c(c1)OCO2. The predicted octanol–water partition coefficient (Wildman–Crippen LogP) is 4.79. The lowest BCUT2D eigenvalue weighted by atomic mass is 9.96. The van der Waals surface area contributed by atoms with E-state index in [2.05, 4.69) is 56.8 Å². The largest absolute Gasteiger partial charge is 0.454 e. The molecule has 5 heterocycles. The lowest BCUT2D eigenvalue weighted by molar-refractivity contribution is 0.174. The van der Waals surface area contributed by atoms with Crippen LogP contribution < -0.4 is 14.8 Å². The first-order valence-corrected chi connectivity index (χ1v) is 12.0. The third-order valence-corrected chi connectivity index (χ3v) is 7.06. The van der Waals surface area contributed by atoms with Crippen LogP contribution in [0, 0.1) is 13.8 Å². The number of thiocarbonyl (C=S) groups is 1. The molecule has 2 aliphatic heterocycles. The Morgan fingerprint density at radius 1 is 1.00 bits per heavy atom. The number of hydrogen-bond donors (Lipinski definition) is 1. The molecule has 1 saturated heterocycles. The maximum Gasteiger partial charge on any atom is 0.231 e. The van der Waals surface area contributed by atoms with Gasteiger partial charge in [-0.15, -0.1) is 0 Å². The third-order valence-electron chi connectivity index (χ3n) is 6.70. The molecule has 0 bridgehead atoms. The molecule has 176 valence electrons. The molecule has 6 rings (SSSR count). The number of rotatable bonds is 5. The van der Waals surface area contributed by atoms with Crippen LogP contribution in [0.4, 0.5) is 0 Å². The Hall–Kier alpha value is -3.91. The van der Waals surface area contributed by atoms with Crippen LogP contribution in [0.25, 0.3) is 5.69 Å². The van der Waals surface area contributed by atoms with E-state index in [4.69, 9.17) is 21.7 Å². The van der Waals surface area contributed by atoms with Crippen molar-refractivity contribution in [3.63, 3.8) is 0 Å². The molecule has 0 radical (unpaired) electrons. The number of ether oxygens (including phenoxy) is 2. The molecule has 0 aliphatic carbocycles. The molecule has 2 atom stereocenters. The number of nitrogens with zero attached hydrogens (tertiary/aromatic N) is 4. The molecule has 2 aliphatic rings. The molecular formula is C27H25N5O2S. The summed E-state index contributed by atoms with van der Waals surface area (Å²) in [6.07, 6.45) is 5.47. The first-order chi connectivity index (χ1) is 17.1. The second-order valence-electron chi connectivity index (χ2n) is 8.81. The molecule has 8 heteroatoms. The van der Waals surface area contributed by atoms with Crippen molar-refractivity contribution in [2.45, 2.75) is 32.5 Å². The summed E-state index contributed by atoms with van der Waals surface area (Å²) in [7, 11) is 0. The molecule has 1 fully saturated rings. The van der Waals surface area contributed by atoms with Crippen LogP contribution in [0.1, 0.15) is 40.3 Å². The topological polar surface area (TPSA) is 64.4 Å². The number of nitrogens with one attached hydrogen (secondary N) is 1. The molecular weight excluding hydrogens is 458 g/mol. The van der Waals surface area contributed by atoms with E-state index in [0.29, 0.717) is 6.54 Å². The van der Waals surface area contributed by atoms with Gasteiger partial charge in [0.05, 0.1) is 17.8 Å². The molecule has 0 saturated carbocycles. The smallest absolute Gasteiger partial charge is 0.231 e. The maximum absolute atomic E-state index is 5.86. The van der Waals surface area contributed by atoms with Crippen molar-refractivity contribution in [1.82, 2.24) is 24.8 Å². The van der Waals surface area contributed by atoms with E-state index in [1.54, 1.807) is 0 Å². The summed E-state index contributed by atoms with van der Waals surface area (Å²) in [6.45, 7) is 5.23. The van der Waals surface area contributed by atoms with Gasteiger partial charge in [0.25, 0.3) is 0 Å². The van der Waals surface area contributed by atoms with Crippen LogP contribution >= 0.6 is 12.2 Å². The predicted molar refractivity (Wildman–Crippen MR) is 137 cm³/mol. The van der Waals surface area contributed by atoms with Crippen molar-refractivity contribution < 1.29 is 9.47 Å². The number of aryl methyl sites for hydroxylation is 1. The summed E-state index contributed by atoms with van der Waals surface area (Å²) in [6, 6.07) is 18.3. The molecule has 0 unspecified atom stereocenters. The summed E-state index contributed by atoms with van der Waals surface area (Å²) >= 11 is 5.86. The van der Waals surface area contributed by atoms with Gasteiger partial charge in [-0.25, -0.2) is 0 Å². The van der Waals surface area contributed by atoms with Crippen LogP contribution in [-0.4, -0.2) is 31.3 Å². The van der Waals surface area contributed by atoms with Crippen LogP contribution in [0.5, 0.6) is 11.5 Å². The molecule has 1 N–H and O–H groups in total. The van der Waals surface area contributed by atoms with Gasteiger partial charge in [0.2, 0.25) is 6.79 Å². The number of hydrogen-bond acceptors (Lipinski definition) is 5. The van der Waals surface area contributed by atoms with E-state index in [-0.39, 0.29) is 18.9 Å². The lowest BCUT2D eigenvalue weighted by Gasteiger charge is -2.28. The fraction of sp³-hybridized carbons (Fsp3) is 0.222. The van der Waals surface area contributed by atoms with Gasteiger partial charge >= 0.3 is 0 Å². The highest BCUT2D eigenvalue weighted by atomic mass is 32.1. The van der Waals surface area contributed by atoms with Crippen molar-refractivity contribution in [1.29, 1.82) is 0 Å². The average Bonchev–Trinajstić information content (AvgIpc) is 3.56. The summed E-state index contributed by atoms with van der Waals surface area (Å²) in [5.74, 6) is 1.55. The van der Waals surface area contributed by atoms with E-state index >= 15 is 0 Å².